The second kappa shape index (κ2) is 6.80. The van der Waals surface area contributed by atoms with Crippen molar-refractivity contribution < 1.29 is 9.13 Å². The van der Waals surface area contributed by atoms with Crippen LogP contribution in [0.1, 0.15) is 34.4 Å². The molecule has 0 aliphatic carbocycles. The molecule has 6 rings (SSSR count). The number of hydrogen-bond acceptors (Lipinski definition) is 4. The van der Waals surface area contributed by atoms with Crippen molar-refractivity contribution in [1.29, 1.82) is 0 Å². The molecule has 0 unspecified atom stereocenters. The Hall–Kier alpha value is -3.93. The molecule has 1 aromatic heterocycles. The van der Waals surface area contributed by atoms with Crippen LogP contribution < -0.4 is 10.1 Å². The Bertz CT molecular complexity index is 1330. The Morgan fingerprint density at radius 1 is 0.968 bits per heavy atom. The van der Waals surface area contributed by atoms with E-state index in [9.17, 15) is 4.39 Å². The minimum Gasteiger partial charge on any atom is -0.480 e. The number of fused-ring (bicyclic) bond motifs is 3. The van der Waals surface area contributed by atoms with E-state index in [2.05, 4.69) is 46.6 Å². The first-order valence-electron chi connectivity index (χ1n) is 10.2. The molecule has 0 amide bonds. The summed E-state index contributed by atoms with van der Waals surface area (Å²) in [6, 6.07) is 22.6. The van der Waals surface area contributed by atoms with Gasteiger partial charge in [0.05, 0.1) is 5.70 Å². The molecule has 5 nitrogen and oxygen atoms in total. The summed E-state index contributed by atoms with van der Waals surface area (Å²) in [5.41, 5.74) is 5.42. The third-order valence-corrected chi connectivity index (χ3v) is 5.90. The maximum Gasteiger partial charge on any atom is 0.226 e. The lowest BCUT2D eigenvalue weighted by atomic mass is 9.84. The maximum absolute atomic E-state index is 15.0. The van der Waals surface area contributed by atoms with Gasteiger partial charge in [-0.25, -0.2) is 9.07 Å². The van der Waals surface area contributed by atoms with Crippen molar-refractivity contribution in [2.24, 2.45) is 0 Å². The van der Waals surface area contributed by atoms with E-state index in [1.54, 1.807) is 12.1 Å². The van der Waals surface area contributed by atoms with Crippen LogP contribution >= 0.6 is 0 Å². The van der Waals surface area contributed by atoms with Gasteiger partial charge >= 0.3 is 0 Å². The first-order chi connectivity index (χ1) is 15.2. The molecule has 0 bridgehead atoms. The summed E-state index contributed by atoms with van der Waals surface area (Å²) in [6.45, 7) is 2.06. The van der Waals surface area contributed by atoms with Gasteiger partial charge in [-0.1, -0.05) is 60.2 Å². The molecule has 3 heterocycles. The van der Waals surface area contributed by atoms with Gasteiger partial charge in [0, 0.05) is 16.7 Å². The standard InChI is InChI=1S/C25H19FN4O/c1-15-10-12-16(13-11-15)23-21-22(29-25-27-14-28-30(23)25)18-7-3-5-9-20(18)31-24(21)17-6-2-4-8-19(17)26/h2-14,23-24H,1H3,(H,27,28,29)/t23-,24+/m0/s1. The van der Waals surface area contributed by atoms with Crippen molar-refractivity contribution in [1.82, 2.24) is 14.8 Å². The molecule has 2 atom stereocenters. The van der Waals surface area contributed by atoms with Gasteiger partial charge in [-0.2, -0.15) is 10.1 Å². The molecule has 31 heavy (non-hydrogen) atoms. The molecular formula is C25H19FN4O. The summed E-state index contributed by atoms with van der Waals surface area (Å²) in [5, 5.41) is 7.93. The highest BCUT2D eigenvalue weighted by atomic mass is 19.1. The normalized spacial score (nSPS) is 19.0. The number of aromatic nitrogens is 3. The Morgan fingerprint density at radius 2 is 1.74 bits per heavy atom. The van der Waals surface area contributed by atoms with E-state index >= 15 is 0 Å². The number of hydrogen-bond donors (Lipinski definition) is 1. The number of nitrogens with zero attached hydrogens (tertiary/aromatic N) is 3. The van der Waals surface area contributed by atoms with Crippen LogP contribution in [0.25, 0.3) is 5.70 Å². The third kappa shape index (κ3) is 2.75. The molecule has 3 aromatic carbocycles. The lowest BCUT2D eigenvalue weighted by molar-refractivity contribution is 0.218. The Balaban J connectivity index is 1.65. The van der Waals surface area contributed by atoms with Crippen molar-refractivity contribution in [2.75, 3.05) is 5.32 Å². The Kier molecular flexibility index (Phi) is 3.93. The molecule has 152 valence electrons. The largest absolute Gasteiger partial charge is 0.480 e. The molecule has 0 fully saturated rings. The van der Waals surface area contributed by atoms with E-state index in [1.165, 1.54) is 18.0 Å². The van der Waals surface area contributed by atoms with E-state index in [-0.39, 0.29) is 11.9 Å². The lowest BCUT2D eigenvalue weighted by Gasteiger charge is -2.39. The quantitative estimate of drug-likeness (QED) is 0.488. The van der Waals surface area contributed by atoms with Gasteiger partial charge < -0.3 is 10.1 Å². The van der Waals surface area contributed by atoms with Crippen LogP contribution in [0.2, 0.25) is 0 Å². The molecule has 0 saturated carbocycles. The third-order valence-electron chi connectivity index (χ3n) is 5.90. The van der Waals surface area contributed by atoms with E-state index in [1.807, 2.05) is 35.0 Å². The highest BCUT2D eigenvalue weighted by molar-refractivity contribution is 5.85. The van der Waals surface area contributed by atoms with Crippen LogP contribution in [-0.4, -0.2) is 14.8 Å². The van der Waals surface area contributed by atoms with E-state index in [0.29, 0.717) is 17.3 Å². The lowest BCUT2D eigenvalue weighted by Crippen LogP contribution is -2.32. The van der Waals surface area contributed by atoms with E-state index in [0.717, 1.165) is 22.4 Å². The van der Waals surface area contributed by atoms with Crippen molar-refractivity contribution in [3.05, 3.63) is 113 Å². The van der Waals surface area contributed by atoms with Gasteiger partial charge in [-0.3, -0.25) is 0 Å². The van der Waals surface area contributed by atoms with Crippen molar-refractivity contribution in [2.45, 2.75) is 19.1 Å². The molecule has 0 saturated heterocycles. The van der Waals surface area contributed by atoms with Gasteiger partial charge in [0.2, 0.25) is 5.95 Å². The number of benzene rings is 3. The van der Waals surface area contributed by atoms with Crippen molar-refractivity contribution in [3.63, 3.8) is 0 Å². The summed E-state index contributed by atoms with van der Waals surface area (Å²) in [7, 11) is 0. The minimum absolute atomic E-state index is 0.285. The van der Waals surface area contributed by atoms with Crippen LogP contribution in [0.3, 0.4) is 0 Å². The fourth-order valence-corrected chi connectivity index (χ4v) is 4.43. The molecule has 4 aromatic rings. The number of aryl methyl sites for hydroxylation is 1. The highest BCUT2D eigenvalue weighted by Crippen LogP contribution is 2.50. The predicted octanol–water partition coefficient (Wildman–Crippen LogP) is 5.29. The van der Waals surface area contributed by atoms with Crippen LogP contribution in [-0.2, 0) is 0 Å². The highest BCUT2D eigenvalue weighted by Gasteiger charge is 2.41. The minimum atomic E-state index is -0.609. The molecule has 0 radical (unpaired) electrons. The van der Waals surface area contributed by atoms with Gasteiger partial charge in [0.25, 0.3) is 0 Å². The average Bonchev–Trinajstić information content (AvgIpc) is 3.27. The molecule has 0 spiro atoms. The number of ether oxygens (including phenoxy) is 1. The average molecular weight is 410 g/mol. The van der Waals surface area contributed by atoms with Crippen LogP contribution in [0.5, 0.6) is 5.75 Å². The summed E-state index contributed by atoms with van der Waals surface area (Å²) in [6.07, 6.45) is 0.926. The number of para-hydroxylation sites is 1. The molecule has 2 aliphatic heterocycles. The number of halogens is 1. The first-order valence-corrected chi connectivity index (χ1v) is 10.2. The van der Waals surface area contributed by atoms with Gasteiger partial charge in [-0.15, -0.1) is 0 Å². The fraction of sp³-hybridized carbons (Fsp3) is 0.120. The van der Waals surface area contributed by atoms with E-state index < -0.39 is 6.10 Å². The summed E-state index contributed by atoms with van der Waals surface area (Å²) >= 11 is 0. The molecule has 6 heteroatoms. The summed E-state index contributed by atoms with van der Waals surface area (Å²) < 4.78 is 23.2. The predicted molar refractivity (Wildman–Crippen MR) is 116 cm³/mol. The van der Waals surface area contributed by atoms with Gasteiger partial charge in [0.1, 0.15) is 23.9 Å². The first kappa shape index (κ1) is 17.9. The number of nitrogens with one attached hydrogen (secondary N) is 1. The van der Waals surface area contributed by atoms with Crippen LogP contribution in [0, 0.1) is 12.7 Å². The summed E-state index contributed by atoms with van der Waals surface area (Å²) in [5.74, 6) is 1.05. The monoisotopic (exact) mass is 410 g/mol. The zero-order valence-corrected chi connectivity index (χ0v) is 16.8. The van der Waals surface area contributed by atoms with Crippen molar-refractivity contribution in [3.8, 4) is 5.75 Å². The fourth-order valence-electron chi connectivity index (χ4n) is 4.43. The van der Waals surface area contributed by atoms with Crippen LogP contribution in [0.15, 0.2) is 84.7 Å². The maximum atomic E-state index is 15.0. The summed E-state index contributed by atoms with van der Waals surface area (Å²) in [4.78, 5) is 4.42. The number of rotatable bonds is 2. The van der Waals surface area contributed by atoms with Gasteiger partial charge in [0.15, 0.2) is 6.10 Å². The van der Waals surface area contributed by atoms with Crippen LogP contribution in [0.4, 0.5) is 10.3 Å². The van der Waals surface area contributed by atoms with E-state index in [4.69, 9.17) is 4.74 Å². The van der Waals surface area contributed by atoms with Crippen molar-refractivity contribution >= 4 is 11.6 Å². The Morgan fingerprint density at radius 3 is 2.58 bits per heavy atom. The smallest absolute Gasteiger partial charge is 0.226 e. The SMILES string of the molecule is Cc1ccc([C@H]2C3=C(Nc4ncnn42)c2ccccc2O[C@@H]3c2ccccc2F)cc1. The molecular weight excluding hydrogens is 391 g/mol. The topological polar surface area (TPSA) is 52.0 Å². The zero-order valence-electron chi connectivity index (χ0n) is 16.8. The Labute approximate surface area is 178 Å². The second-order valence-corrected chi connectivity index (χ2v) is 7.81. The second-order valence-electron chi connectivity index (χ2n) is 7.81. The van der Waals surface area contributed by atoms with Gasteiger partial charge in [-0.05, 0) is 30.7 Å². The number of anilines is 1. The zero-order chi connectivity index (χ0) is 20.9. The molecule has 1 N–H and O–H groups in total. The molecule has 2 aliphatic rings.